The van der Waals surface area contributed by atoms with Crippen LogP contribution < -0.4 is 16.8 Å². The Morgan fingerprint density at radius 3 is 2.27 bits per heavy atom. The van der Waals surface area contributed by atoms with Gasteiger partial charge >= 0.3 is 0 Å². The van der Waals surface area contributed by atoms with Gasteiger partial charge in [0.25, 0.3) is 0 Å². The predicted molar refractivity (Wildman–Crippen MR) is 124 cm³/mol. The Hall–Kier alpha value is -0.860. The maximum Gasteiger partial charge on any atom is 0.248 e. The molecule has 2 heterocycles. The summed E-state index contributed by atoms with van der Waals surface area (Å²) < 4.78 is 26.3. The van der Waals surface area contributed by atoms with Crippen molar-refractivity contribution in [2.45, 2.75) is 84.6 Å². The van der Waals surface area contributed by atoms with E-state index in [9.17, 15) is 13.6 Å². The summed E-state index contributed by atoms with van der Waals surface area (Å²) in [5, 5.41) is 3.28. The van der Waals surface area contributed by atoms with Crippen LogP contribution in [0.3, 0.4) is 0 Å². The average Bonchev–Trinajstić information content (AvgIpc) is 3.23. The van der Waals surface area contributed by atoms with Crippen molar-refractivity contribution < 1.29 is 13.6 Å². The molecule has 8 heteroatoms. The molecule has 1 saturated heterocycles. The highest BCUT2D eigenvalue weighted by Gasteiger charge is 2.38. The molecule has 1 unspecified atom stereocenters. The van der Waals surface area contributed by atoms with Gasteiger partial charge < -0.3 is 21.7 Å². The first-order valence-corrected chi connectivity index (χ1v) is 11.8. The molecule has 2 fully saturated rings. The van der Waals surface area contributed by atoms with E-state index >= 15 is 0 Å². The Labute approximate surface area is 186 Å². The van der Waals surface area contributed by atoms with Crippen molar-refractivity contribution >= 4 is 18.5 Å². The van der Waals surface area contributed by atoms with Gasteiger partial charge in [0.05, 0.1) is 6.54 Å². The smallest absolute Gasteiger partial charge is 0.248 e. The Morgan fingerprint density at radius 1 is 1.23 bits per heavy atom. The molecular formula is C22H42F2N4OS. The lowest BCUT2D eigenvalue weighted by molar-refractivity contribution is -0.134. The number of rotatable bonds is 3. The Morgan fingerprint density at radius 2 is 1.83 bits per heavy atom. The van der Waals surface area contributed by atoms with Crippen LogP contribution in [0.25, 0.3) is 0 Å². The number of nitrogens with zero attached hydrogens (tertiary/aromatic N) is 1. The summed E-state index contributed by atoms with van der Waals surface area (Å²) >= 11 is 4.37. The first-order valence-electron chi connectivity index (χ1n) is 11.3. The molecular weight excluding hydrogens is 406 g/mol. The summed E-state index contributed by atoms with van der Waals surface area (Å²) in [5.41, 5.74) is 11.8. The molecule has 1 saturated carbocycles. The van der Waals surface area contributed by atoms with Gasteiger partial charge in [-0.05, 0) is 38.1 Å². The maximum atomic E-state index is 13.1. The van der Waals surface area contributed by atoms with Crippen LogP contribution in [0.5, 0.6) is 0 Å². The second-order valence-electron chi connectivity index (χ2n) is 9.03. The van der Waals surface area contributed by atoms with Crippen LogP contribution in [0.1, 0.15) is 72.6 Å². The van der Waals surface area contributed by atoms with E-state index in [0.29, 0.717) is 38.4 Å². The van der Waals surface area contributed by atoms with Crippen molar-refractivity contribution in [1.82, 2.24) is 10.2 Å². The summed E-state index contributed by atoms with van der Waals surface area (Å²) in [6.07, 6.45) is 3.61. The van der Waals surface area contributed by atoms with Crippen molar-refractivity contribution in [3.63, 3.8) is 0 Å². The number of hydrogen-bond donors (Lipinski definition) is 4. The van der Waals surface area contributed by atoms with Crippen molar-refractivity contribution in [3.05, 3.63) is 10.6 Å². The highest BCUT2D eigenvalue weighted by atomic mass is 32.1. The van der Waals surface area contributed by atoms with E-state index < -0.39 is 5.92 Å². The van der Waals surface area contributed by atoms with E-state index in [2.05, 4.69) is 17.9 Å². The number of halogens is 2. The third-order valence-corrected chi connectivity index (χ3v) is 6.45. The lowest BCUT2D eigenvalue weighted by atomic mass is 9.83. The topological polar surface area (TPSA) is 84.4 Å². The summed E-state index contributed by atoms with van der Waals surface area (Å²) in [5.74, 6) is -2.44. The minimum Gasteiger partial charge on any atom is -0.401 e. The van der Waals surface area contributed by atoms with Crippen molar-refractivity contribution in [2.24, 2.45) is 22.8 Å². The van der Waals surface area contributed by atoms with Crippen LogP contribution in [0.2, 0.25) is 0 Å². The van der Waals surface area contributed by atoms with Gasteiger partial charge in [-0.2, -0.15) is 0 Å². The molecule has 0 aromatic carbocycles. The molecule has 2 aliphatic heterocycles. The van der Waals surface area contributed by atoms with Gasteiger partial charge in [0.15, 0.2) is 0 Å². The maximum absolute atomic E-state index is 13.1. The molecule has 0 spiro atoms. The Kier molecular flexibility index (Phi) is 11.1. The van der Waals surface area contributed by atoms with Crippen LogP contribution in [0, 0.1) is 11.3 Å². The SMILES string of the molecule is CC.CC1(C)CN(C(=O)CC2CCC(F)(F)CC2)CC(S)=C1N.NCC1CCCN1. The summed E-state index contributed by atoms with van der Waals surface area (Å²) in [7, 11) is 0. The highest BCUT2D eigenvalue weighted by Crippen LogP contribution is 2.38. The fraction of sp³-hybridized carbons (Fsp3) is 0.864. The zero-order valence-corrected chi connectivity index (χ0v) is 20.0. The van der Waals surface area contributed by atoms with Crippen molar-refractivity contribution in [1.29, 1.82) is 0 Å². The van der Waals surface area contributed by atoms with E-state index in [0.717, 1.165) is 17.1 Å². The van der Waals surface area contributed by atoms with E-state index in [-0.39, 0.29) is 30.1 Å². The molecule has 1 amide bonds. The molecule has 30 heavy (non-hydrogen) atoms. The number of thiol groups is 1. The molecule has 0 bridgehead atoms. The zero-order valence-electron chi connectivity index (χ0n) is 19.1. The monoisotopic (exact) mass is 448 g/mol. The van der Waals surface area contributed by atoms with Gasteiger partial charge in [0, 0.05) is 54.4 Å². The second-order valence-corrected chi connectivity index (χ2v) is 9.57. The highest BCUT2D eigenvalue weighted by molar-refractivity contribution is 7.84. The molecule has 5 N–H and O–H groups in total. The molecule has 1 atom stereocenters. The first-order chi connectivity index (χ1) is 14.0. The van der Waals surface area contributed by atoms with Gasteiger partial charge in [-0.15, -0.1) is 12.6 Å². The number of alkyl halides is 2. The van der Waals surface area contributed by atoms with Crippen LogP contribution in [-0.4, -0.2) is 49.0 Å². The molecule has 1 aliphatic carbocycles. The average molecular weight is 449 g/mol. The van der Waals surface area contributed by atoms with Crippen LogP contribution >= 0.6 is 12.6 Å². The van der Waals surface area contributed by atoms with Crippen molar-refractivity contribution in [3.8, 4) is 0 Å². The number of carbonyl (C=O) groups excluding carboxylic acids is 1. The molecule has 3 rings (SSSR count). The Balaban J connectivity index is 0.000000418. The fourth-order valence-electron chi connectivity index (χ4n) is 4.09. The van der Waals surface area contributed by atoms with Gasteiger partial charge in [0.2, 0.25) is 11.8 Å². The number of amides is 1. The van der Waals surface area contributed by atoms with E-state index in [1.165, 1.54) is 19.4 Å². The molecule has 0 aromatic heterocycles. The summed E-state index contributed by atoms with van der Waals surface area (Å²) in [6.45, 7) is 10.9. The number of nitrogens with two attached hydrogens (primary N) is 2. The number of hydrogen-bond acceptors (Lipinski definition) is 5. The van der Waals surface area contributed by atoms with Gasteiger partial charge in [-0.25, -0.2) is 8.78 Å². The Bertz CT molecular complexity index is 567. The third kappa shape index (κ3) is 8.35. The van der Waals surface area contributed by atoms with Crippen LogP contribution in [-0.2, 0) is 4.79 Å². The van der Waals surface area contributed by atoms with Crippen LogP contribution in [0.4, 0.5) is 8.78 Å². The van der Waals surface area contributed by atoms with Gasteiger partial charge in [-0.1, -0.05) is 27.7 Å². The summed E-state index contributed by atoms with van der Waals surface area (Å²) in [4.78, 5) is 14.9. The standard InChI is InChI=1S/C15H24F2N2OS.C5H12N2.C2H6/c1-14(2)9-19(8-11(21)13(14)18)12(20)7-10-3-5-15(16,17)6-4-10;6-4-5-2-1-3-7-5;1-2/h10,21H,3-9,18H2,1-2H3;5,7H,1-4,6H2;1-2H3. The molecule has 3 aliphatic rings. The lowest BCUT2D eigenvalue weighted by Gasteiger charge is -2.39. The normalized spacial score (nSPS) is 25.7. The van der Waals surface area contributed by atoms with Gasteiger partial charge in [-0.3, -0.25) is 4.79 Å². The predicted octanol–water partition coefficient (Wildman–Crippen LogP) is 3.89. The largest absolute Gasteiger partial charge is 0.401 e. The molecule has 0 radical (unpaired) electrons. The lowest BCUT2D eigenvalue weighted by Crippen LogP contribution is -2.47. The quantitative estimate of drug-likeness (QED) is 0.494. The van der Waals surface area contributed by atoms with E-state index in [4.69, 9.17) is 11.5 Å². The molecule has 0 aromatic rings. The second kappa shape index (κ2) is 12.2. The number of carbonyl (C=O) groups is 1. The summed E-state index contributed by atoms with van der Waals surface area (Å²) in [6, 6.07) is 0.625. The van der Waals surface area contributed by atoms with Crippen molar-refractivity contribution in [2.75, 3.05) is 26.2 Å². The van der Waals surface area contributed by atoms with E-state index in [1.807, 2.05) is 27.7 Å². The van der Waals surface area contributed by atoms with E-state index in [1.54, 1.807) is 4.90 Å². The molecule has 5 nitrogen and oxygen atoms in total. The van der Waals surface area contributed by atoms with Gasteiger partial charge in [0.1, 0.15) is 0 Å². The van der Waals surface area contributed by atoms with Crippen LogP contribution in [0.15, 0.2) is 10.6 Å². The fourth-order valence-corrected chi connectivity index (χ4v) is 4.56. The minimum absolute atomic E-state index is 0.0253. The first kappa shape index (κ1) is 27.2. The number of nitrogens with one attached hydrogen (secondary N) is 1. The minimum atomic E-state index is -2.54. The third-order valence-electron chi connectivity index (χ3n) is 6.07. The molecule has 176 valence electrons. The zero-order chi connectivity index (χ0) is 22.9.